The number of hydrazone groups is 1. The second-order valence-electron chi connectivity index (χ2n) is 5.90. The molecule has 0 spiro atoms. The molecule has 2 aromatic heterocycles. The Morgan fingerprint density at radius 3 is 2.74 bits per heavy atom. The zero-order valence-electron chi connectivity index (χ0n) is 14.2. The lowest BCUT2D eigenvalue weighted by molar-refractivity contribution is -0.121. The van der Waals surface area contributed by atoms with Gasteiger partial charge in [0.25, 0.3) is 5.91 Å². The van der Waals surface area contributed by atoms with Crippen LogP contribution >= 0.6 is 11.3 Å². The van der Waals surface area contributed by atoms with Crippen LogP contribution in [-0.4, -0.2) is 27.5 Å². The number of anilines is 1. The van der Waals surface area contributed by atoms with E-state index in [1.807, 2.05) is 35.7 Å². The molecule has 0 saturated heterocycles. The van der Waals surface area contributed by atoms with Crippen LogP contribution in [0.4, 0.5) is 5.69 Å². The minimum absolute atomic E-state index is 0.179. The zero-order valence-corrected chi connectivity index (χ0v) is 15.0. The summed E-state index contributed by atoms with van der Waals surface area (Å²) in [4.78, 5) is 32.1. The highest BCUT2D eigenvalue weighted by Gasteiger charge is 2.18. The molecule has 1 aliphatic rings. The molecule has 27 heavy (non-hydrogen) atoms. The smallest absolute Gasteiger partial charge is 0.271 e. The number of nitrogens with zero attached hydrogens (tertiary/aromatic N) is 3. The average Bonchev–Trinajstić information content (AvgIpc) is 3.20. The Labute approximate surface area is 159 Å². The molecule has 134 valence electrons. The van der Waals surface area contributed by atoms with Crippen molar-refractivity contribution in [1.29, 1.82) is 0 Å². The maximum Gasteiger partial charge on any atom is 0.271 e. The highest BCUT2D eigenvalue weighted by molar-refractivity contribution is 7.13. The molecule has 0 fully saturated rings. The summed E-state index contributed by atoms with van der Waals surface area (Å²) in [5.41, 5.74) is 6.05. The fourth-order valence-electron chi connectivity index (χ4n) is 2.63. The molecule has 8 heteroatoms. The zero-order chi connectivity index (χ0) is 18.6. The molecule has 0 bridgehead atoms. The molecule has 2 amide bonds. The van der Waals surface area contributed by atoms with Crippen molar-refractivity contribution in [2.45, 2.75) is 12.8 Å². The van der Waals surface area contributed by atoms with Gasteiger partial charge in [-0.3, -0.25) is 14.6 Å². The number of thiazole rings is 1. The molecular weight excluding hydrogens is 362 g/mol. The fraction of sp³-hybridized carbons (Fsp3) is 0.105. The van der Waals surface area contributed by atoms with Crippen LogP contribution in [0.15, 0.2) is 59.3 Å². The summed E-state index contributed by atoms with van der Waals surface area (Å²) in [6.07, 6.45) is 4.08. The number of aromatic nitrogens is 2. The SMILES string of the molecule is O=C1CCC(C(=O)Nc2cccc(-c3csc(-c4ccncc4)n3)c2)=NN1. The molecule has 0 atom stereocenters. The highest BCUT2D eigenvalue weighted by atomic mass is 32.1. The number of hydrogen-bond acceptors (Lipinski definition) is 6. The predicted octanol–water partition coefficient (Wildman–Crippen LogP) is 3.08. The van der Waals surface area contributed by atoms with Crippen molar-refractivity contribution >= 4 is 34.6 Å². The molecule has 0 unspecified atom stereocenters. The number of pyridine rings is 1. The number of rotatable bonds is 4. The summed E-state index contributed by atoms with van der Waals surface area (Å²) in [6.45, 7) is 0. The Kier molecular flexibility index (Phi) is 4.71. The average molecular weight is 377 g/mol. The number of carbonyl (C=O) groups excluding carboxylic acids is 2. The standard InChI is InChI=1S/C19H15N5O2S/c25-17-5-4-15(23-24-17)18(26)21-14-3-1-2-13(10-14)16-11-27-19(22-16)12-6-8-20-9-7-12/h1-3,6-11H,4-5H2,(H,21,26)(H,24,25). The third-order valence-corrected chi connectivity index (χ3v) is 4.91. The normalized spacial score (nSPS) is 13.6. The first kappa shape index (κ1) is 17.0. The van der Waals surface area contributed by atoms with Crippen LogP contribution in [0.5, 0.6) is 0 Å². The maximum atomic E-state index is 12.3. The minimum atomic E-state index is -0.317. The van der Waals surface area contributed by atoms with Crippen molar-refractivity contribution in [2.24, 2.45) is 5.10 Å². The quantitative estimate of drug-likeness (QED) is 0.730. The molecule has 1 aromatic carbocycles. The van der Waals surface area contributed by atoms with Gasteiger partial charge < -0.3 is 5.32 Å². The molecule has 0 saturated carbocycles. The van der Waals surface area contributed by atoms with Gasteiger partial charge in [-0.25, -0.2) is 10.4 Å². The highest BCUT2D eigenvalue weighted by Crippen LogP contribution is 2.29. The largest absolute Gasteiger partial charge is 0.321 e. The van der Waals surface area contributed by atoms with Crippen molar-refractivity contribution in [3.8, 4) is 21.8 Å². The van der Waals surface area contributed by atoms with Crippen LogP contribution in [0.25, 0.3) is 21.8 Å². The van der Waals surface area contributed by atoms with Crippen LogP contribution < -0.4 is 10.7 Å². The van der Waals surface area contributed by atoms with Gasteiger partial charge in [0.05, 0.1) is 5.69 Å². The van der Waals surface area contributed by atoms with Crippen LogP contribution in [0.3, 0.4) is 0 Å². The Morgan fingerprint density at radius 1 is 1.11 bits per heavy atom. The van der Waals surface area contributed by atoms with Crippen LogP contribution in [0.1, 0.15) is 12.8 Å². The second kappa shape index (κ2) is 7.46. The first-order valence-electron chi connectivity index (χ1n) is 8.32. The van der Waals surface area contributed by atoms with Crippen LogP contribution in [0.2, 0.25) is 0 Å². The van der Waals surface area contributed by atoms with E-state index in [9.17, 15) is 9.59 Å². The Morgan fingerprint density at radius 2 is 1.96 bits per heavy atom. The lowest BCUT2D eigenvalue weighted by atomic mass is 10.1. The molecule has 1 aliphatic heterocycles. The van der Waals surface area contributed by atoms with E-state index in [-0.39, 0.29) is 18.2 Å². The third-order valence-electron chi connectivity index (χ3n) is 4.01. The predicted molar refractivity (Wildman–Crippen MR) is 104 cm³/mol. The van der Waals surface area contributed by atoms with Crippen molar-refractivity contribution in [1.82, 2.24) is 15.4 Å². The number of amides is 2. The molecule has 7 nitrogen and oxygen atoms in total. The first-order valence-corrected chi connectivity index (χ1v) is 9.20. The van der Waals surface area contributed by atoms with Gasteiger partial charge in [0, 0.05) is 47.4 Å². The number of carbonyl (C=O) groups is 2. The molecule has 4 rings (SSSR count). The summed E-state index contributed by atoms with van der Waals surface area (Å²) >= 11 is 1.55. The van der Waals surface area contributed by atoms with E-state index in [0.29, 0.717) is 17.8 Å². The van der Waals surface area contributed by atoms with Gasteiger partial charge in [0.15, 0.2) is 0 Å². The molecule has 0 radical (unpaired) electrons. The van der Waals surface area contributed by atoms with E-state index >= 15 is 0 Å². The van der Waals surface area contributed by atoms with E-state index in [1.54, 1.807) is 29.8 Å². The van der Waals surface area contributed by atoms with Gasteiger partial charge in [-0.15, -0.1) is 11.3 Å². The van der Waals surface area contributed by atoms with Crippen LogP contribution in [-0.2, 0) is 9.59 Å². The Balaban J connectivity index is 1.52. The fourth-order valence-corrected chi connectivity index (χ4v) is 3.47. The van der Waals surface area contributed by atoms with Gasteiger partial charge in [-0.1, -0.05) is 12.1 Å². The third kappa shape index (κ3) is 3.90. The van der Waals surface area contributed by atoms with Gasteiger partial charge in [0.2, 0.25) is 5.91 Å². The monoisotopic (exact) mass is 377 g/mol. The molecule has 2 N–H and O–H groups in total. The van der Waals surface area contributed by atoms with Gasteiger partial charge >= 0.3 is 0 Å². The van der Waals surface area contributed by atoms with Crippen LogP contribution in [0, 0.1) is 0 Å². The Hall–Kier alpha value is -3.39. The second-order valence-corrected chi connectivity index (χ2v) is 6.76. The lowest BCUT2D eigenvalue weighted by Crippen LogP contribution is -2.32. The number of hydrogen-bond donors (Lipinski definition) is 2. The van der Waals surface area contributed by atoms with E-state index in [0.717, 1.165) is 21.8 Å². The van der Waals surface area contributed by atoms with E-state index in [4.69, 9.17) is 0 Å². The summed E-state index contributed by atoms with van der Waals surface area (Å²) in [7, 11) is 0. The molecule has 3 aromatic rings. The summed E-state index contributed by atoms with van der Waals surface area (Å²) in [5, 5.41) is 9.53. The lowest BCUT2D eigenvalue weighted by Gasteiger charge is -2.12. The van der Waals surface area contributed by atoms with E-state index < -0.39 is 0 Å². The first-order chi connectivity index (χ1) is 13.2. The topological polar surface area (TPSA) is 96.3 Å². The van der Waals surface area contributed by atoms with Gasteiger partial charge in [-0.2, -0.15) is 5.10 Å². The van der Waals surface area contributed by atoms with E-state index in [2.05, 4.69) is 25.8 Å². The molecular formula is C19H15N5O2S. The molecule has 3 heterocycles. The molecule has 0 aliphatic carbocycles. The minimum Gasteiger partial charge on any atom is -0.321 e. The van der Waals surface area contributed by atoms with Crippen molar-refractivity contribution in [3.05, 3.63) is 54.2 Å². The summed E-state index contributed by atoms with van der Waals surface area (Å²) < 4.78 is 0. The van der Waals surface area contributed by atoms with Gasteiger partial charge in [-0.05, 0) is 24.3 Å². The Bertz CT molecular complexity index is 1030. The van der Waals surface area contributed by atoms with E-state index in [1.165, 1.54) is 0 Å². The van der Waals surface area contributed by atoms with Crippen molar-refractivity contribution in [3.63, 3.8) is 0 Å². The summed E-state index contributed by atoms with van der Waals surface area (Å²) in [6, 6.07) is 11.3. The maximum absolute atomic E-state index is 12.3. The van der Waals surface area contributed by atoms with Crippen molar-refractivity contribution in [2.75, 3.05) is 5.32 Å². The van der Waals surface area contributed by atoms with Crippen molar-refractivity contribution < 1.29 is 9.59 Å². The summed E-state index contributed by atoms with van der Waals surface area (Å²) in [5.74, 6) is -0.495. The van der Waals surface area contributed by atoms with Gasteiger partial charge in [0.1, 0.15) is 10.7 Å². The number of nitrogens with one attached hydrogen (secondary N) is 2. The number of benzene rings is 1.